The van der Waals surface area contributed by atoms with Crippen molar-refractivity contribution in [1.82, 2.24) is 14.6 Å². The molecule has 0 radical (unpaired) electrons. The molecular formula is C12H16N4O4S. The number of carbonyl (C=O) groups excluding carboxylic acids is 2. The van der Waals surface area contributed by atoms with Crippen molar-refractivity contribution in [2.24, 2.45) is 0 Å². The van der Waals surface area contributed by atoms with E-state index >= 15 is 0 Å². The monoisotopic (exact) mass is 312 g/mol. The van der Waals surface area contributed by atoms with Gasteiger partial charge in [-0.1, -0.05) is 6.92 Å². The summed E-state index contributed by atoms with van der Waals surface area (Å²) in [6, 6.07) is 1.80. The Morgan fingerprint density at radius 3 is 2.81 bits per heavy atom. The Kier molecular flexibility index (Phi) is 4.24. The van der Waals surface area contributed by atoms with E-state index in [1.807, 2.05) is 0 Å². The van der Waals surface area contributed by atoms with E-state index in [2.05, 4.69) is 15.6 Å². The summed E-state index contributed by atoms with van der Waals surface area (Å²) >= 11 is 0. The predicted octanol–water partition coefficient (Wildman–Crippen LogP) is -0.451. The maximum absolute atomic E-state index is 12.7. The van der Waals surface area contributed by atoms with E-state index in [0.717, 1.165) is 4.31 Å². The zero-order valence-corrected chi connectivity index (χ0v) is 12.5. The highest BCUT2D eigenvalue weighted by Crippen LogP contribution is 2.22. The lowest BCUT2D eigenvalue weighted by Gasteiger charge is -2.32. The standard InChI is InChI=1S/C12H16N4O4S/c1-3-9-12(18)15-11(17)7-16(9)21(19,20)8-4-5-14-10(6-8)13-2/h4-6,9H,3,7H2,1-2H3,(H,13,14)(H,15,17,18). The summed E-state index contributed by atoms with van der Waals surface area (Å²) in [5.41, 5.74) is 0. The summed E-state index contributed by atoms with van der Waals surface area (Å²) in [4.78, 5) is 27.2. The number of hydrogen-bond donors (Lipinski definition) is 2. The van der Waals surface area contributed by atoms with E-state index in [1.54, 1.807) is 14.0 Å². The molecule has 1 aromatic heterocycles. The van der Waals surface area contributed by atoms with Gasteiger partial charge in [-0.05, 0) is 12.5 Å². The number of aromatic nitrogens is 1. The number of nitrogens with zero attached hydrogens (tertiary/aromatic N) is 2. The lowest BCUT2D eigenvalue weighted by atomic mass is 10.2. The number of imide groups is 1. The van der Waals surface area contributed by atoms with Gasteiger partial charge in [0.25, 0.3) is 0 Å². The first-order valence-corrected chi connectivity index (χ1v) is 7.83. The molecule has 2 N–H and O–H groups in total. The van der Waals surface area contributed by atoms with Gasteiger partial charge >= 0.3 is 0 Å². The van der Waals surface area contributed by atoms with Crippen molar-refractivity contribution in [1.29, 1.82) is 0 Å². The van der Waals surface area contributed by atoms with Crippen LogP contribution in [0.25, 0.3) is 0 Å². The number of nitrogens with one attached hydrogen (secondary N) is 2. The number of pyridine rings is 1. The van der Waals surface area contributed by atoms with Crippen LogP contribution in [0.3, 0.4) is 0 Å². The van der Waals surface area contributed by atoms with Gasteiger partial charge in [0, 0.05) is 19.3 Å². The number of amides is 2. The molecule has 1 fully saturated rings. The van der Waals surface area contributed by atoms with Crippen LogP contribution in [0.2, 0.25) is 0 Å². The van der Waals surface area contributed by atoms with Crippen LogP contribution in [-0.2, 0) is 19.6 Å². The van der Waals surface area contributed by atoms with E-state index in [0.29, 0.717) is 5.82 Å². The zero-order chi connectivity index (χ0) is 15.6. The molecule has 2 rings (SSSR count). The van der Waals surface area contributed by atoms with Gasteiger partial charge in [-0.3, -0.25) is 14.9 Å². The van der Waals surface area contributed by atoms with Crippen LogP contribution in [0.4, 0.5) is 5.82 Å². The molecule has 1 saturated heterocycles. The van der Waals surface area contributed by atoms with Gasteiger partial charge in [-0.15, -0.1) is 0 Å². The molecule has 1 atom stereocenters. The van der Waals surface area contributed by atoms with Crippen LogP contribution in [0, 0.1) is 0 Å². The maximum Gasteiger partial charge on any atom is 0.245 e. The van der Waals surface area contributed by atoms with Crippen molar-refractivity contribution < 1.29 is 18.0 Å². The summed E-state index contributed by atoms with van der Waals surface area (Å²) in [6.45, 7) is 1.32. The van der Waals surface area contributed by atoms with Crippen LogP contribution >= 0.6 is 0 Å². The fourth-order valence-electron chi connectivity index (χ4n) is 2.13. The summed E-state index contributed by atoms with van der Waals surface area (Å²) < 4.78 is 26.2. The second-order valence-electron chi connectivity index (χ2n) is 4.51. The molecule has 1 aliphatic heterocycles. The Balaban J connectivity index is 2.45. The number of anilines is 1. The number of piperazine rings is 1. The van der Waals surface area contributed by atoms with Crippen LogP contribution in [-0.4, -0.2) is 49.2 Å². The van der Waals surface area contributed by atoms with E-state index in [-0.39, 0.29) is 17.9 Å². The van der Waals surface area contributed by atoms with Gasteiger partial charge in [-0.25, -0.2) is 13.4 Å². The third kappa shape index (κ3) is 2.88. The molecule has 1 aromatic rings. The van der Waals surface area contributed by atoms with Gasteiger partial charge in [0.05, 0.1) is 11.4 Å². The van der Waals surface area contributed by atoms with Crippen LogP contribution in [0.15, 0.2) is 23.2 Å². The van der Waals surface area contributed by atoms with Crippen molar-refractivity contribution in [3.8, 4) is 0 Å². The zero-order valence-electron chi connectivity index (χ0n) is 11.7. The molecular weight excluding hydrogens is 296 g/mol. The number of rotatable bonds is 4. The van der Waals surface area contributed by atoms with Gasteiger partial charge < -0.3 is 5.32 Å². The molecule has 114 valence electrons. The van der Waals surface area contributed by atoms with Crippen molar-refractivity contribution >= 4 is 27.7 Å². The van der Waals surface area contributed by atoms with Gasteiger partial charge in [0.1, 0.15) is 11.9 Å². The third-order valence-electron chi connectivity index (χ3n) is 3.19. The Labute approximate surface area is 122 Å². The number of carbonyl (C=O) groups is 2. The summed E-state index contributed by atoms with van der Waals surface area (Å²) in [6.07, 6.45) is 1.63. The SMILES string of the molecule is CCC1C(=O)NC(=O)CN1S(=O)(=O)c1ccnc(NC)c1. The second-order valence-corrected chi connectivity index (χ2v) is 6.40. The fourth-order valence-corrected chi connectivity index (χ4v) is 3.76. The molecule has 1 unspecified atom stereocenters. The summed E-state index contributed by atoms with van der Waals surface area (Å²) in [5, 5.41) is 4.89. The molecule has 0 bridgehead atoms. The molecule has 0 aliphatic carbocycles. The maximum atomic E-state index is 12.7. The third-order valence-corrected chi connectivity index (χ3v) is 5.04. The summed E-state index contributed by atoms with van der Waals surface area (Å²) in [5.74, 6) is -0.840. The average Bonchev–Trinajstić information content (AvgIpc) is 2.46. The highest BCUT2D eigenvalue weighted by Gasteiger charge is 2.40. The molecule has 2 heterocycles. The first-order valence-electron chi connectivity index (χ1n) is 6.39. The van der Waals surface area contributed by atoms with Crippen LogP contribution in [0.1, 0.15) is 13.3 Å². The van der Waals surface area contributed by atoms with Gasteiger partial charge in [0.2, 0.25) is 21.8 Å². The van der Waals surface area contributed by atoms with Crippen molar-refractivity contribution in [2.75, 3.05) is 18.9 Å². The molecule has 1 aliphatic rings. The first kappa shape index (κ1) is 15.4. The minimum Gasteiger partial charge on any atom is -0.373 e. The topological polar surface area (TPSA) is 108 Å². The van der Waals surface area contributed by atoms with Gasteiger partial charge in [-0.2, -0.15) is 4.31 Å². The molecule has 21 heavy (non-hydrogen) atoms. The lowest BCUT2D eigenvalue weighted by Crippen LogP contribution is -2.59. The number of sulfonamides is 1. The van der Waals surface area contributed by atoms with Crippen molar-refractivity contribution in [3.05, 3.63) is 18.3 Å². The Bertz CT molecular complexity index is 674. The Morgan fingerprint density at radius 1 is 1.48 bits per heavy atom. The molecule has 9 heteroatoms. The Hall–Kier alpha value is -2.00. The first-order chi connectivity index (χ1) is 9.90. The minimum atomic E-state index is -3.95. The average molecular weight is 312 g/mol. The fraction of sp³-hybridized carbons (Fsp3) is 0.417. The smallest absolute Gasteiger partial charge is 0.245 e. The minimum absolute atomic E-state index is 0.0113. The van der Waals surface area contributed by atoms with Crippen molar-refractivity contribution in [3.63, 3.8) is 0 Å². The molecule has 8 nitrogen and oxygen atoms in total. The molecule has 0 spiro atoms. The molecule has 0 saturated carbocycles. The highest BCUT2D eigenvalue weighted by molar-refractivity contribution is 7.89. The van der Waals surface area contributed by atoms with E-state index in [9.17, 15) is 18.0 Å². The lowest BCUT2D eigenvalue weighted by molar-refractivity contribution is -0.137. The van der Waals surface area contributed by atoms with Crippen LogP contribution in [0.5, 0.6) is 0 Å². The number of hydrogen-bond acceptors (Lipinski definition) is 6. The Morgan fingerprint density at radius 2 is 2.19 bits per heavy atom. The second kappa shape index (κ2) is 5.78. The van der Waals surface area contributed by atoms with Crippen molar-refractivity contribution in [2.45, 2.75) is 24.3 Å². The molecule has 0 aromatic carbocycles. The highest BCUT2D eigenvalue weighted by atomic mass is 32.2. The quantitative estimate of drug-likeness (QED) is 0.729. The van der Waals surface area contributed by atoms with E-state index < -0.39 is 27.9 Å². The largest absolute Gasteiger partial charge is 0.373 e. The van der Waals surface area contributed by atoms with Crippen LogP contribution < -0.4 is 10.6 Å². The normalized spacial score (nSPS) is 20.2. The predicted molar refractivity (Wildman–Crippen MR) is 74.9 cm³/mol. The van der Waals surface area contributed by atoms with E-state index in [1.165, 1.54) is 18.3 Å². The summed E-state index contributed by atoms with van der Waals surface area (Å²) in [7, 11) is -2.33. The van der Waals surface area contributed by atoms with E-state index in [4.69, 9.17) is 0 Å². The molecule has 2 amide bonds. The van der Waals surface area contributed by atoms with Gasteiger partial charge in [0.15, 0.2) is 0 Å².